The number of rotatable bonds is 3. The molecule has 1 aliphatic rings. The maximum atomic E-state index is 13.2. The highest BCUT2D eigenvalue weighted by molar-refractivity contribution is 6.39. The normalized spacial score (nSPS) is 18.9. The number of aromatic nitrogens is 3. The Morgan fingerprint density at radius 2 is 2.06 bits per heavy atom. The number of fused-ring (bicyclic) bond motifs is 1. The number of amides is 2. The quantitative estimate of drug-likeness (QED) is 0.634. The van der Waals surface area contributed by atoms with E-state index in [-0.39, 0.29) is 6.04 Å². The molecule has 3 heterocycles. The Hall–Kier alpha value is -3.42. The minimum Gasteiger partial charge on any atom is -0.383 e. The van der Waals surface area contributed by atoms with Crippen molar-refractivity contribution in [3.8, 4) is 0 Å². The Balaban J connectivity index is 1.57. The molecule has 0 bridgehead atoms. The number of pyridine rings is 1. The first-order chi connectivity index (χ1) is 14.9. The van der Waals surface area contributed by atoms with Crippen molar-refractivity contribution < 1.29 is 9.59 Å². The first-order valence-corrected chi connectivity index (χ1v) is 10.6. The van der Waals surface area contributed by atoms with Gasteiger partial charge >= 0.3 is 11.8 Å². The van der Waals surface area contributed by atoms with Gasteiger partial charge in [0.15, 0.2) is 0 Å². The van der Waals surface area contributed by atoms with Gasteiger partial charge in [-0.2, -0.15) is 5.10 Å². The molecule has 1 aliphatic heterocycles. The Kier molecular flexibility index (Phi) is 5.63. The molecule has 8 heteroatoms. The van der Waals surface area contributed by atoms with Crippen LogP contribution in [0.25, 0.3) is 10.9 Å². The molecular formula is C23H28N6O2. The Labute approximate surface area is 181 Å². The van der Waals surface area contributed by atoms with E-state index in [1.165, 1.54) is 6.20 Å². The van der Waals surface area contributed by atoms with E-state index in [1.54, 1.807) is 15.6 Å². The Morgan fingerprint density at radius 1 is 1.26 bits per heavy atom. The van der Waals surface area contributed by atoms with Gasteiger partial charge in [-0.3, -0.25) is 14.3 Å². The van der Waals surface area contributed by atoms with E-state index in [0.29, 0.717) is 30.4 Å². The number of piperidine rings is 1. The third kappa shape index (κ3) is 4.23. The van der Waals surface area contributed by atoms with Gasteiger partial charge < -0.3 is 16.0 Å². The van der Waals surface area contributed by atoms with E-state index < -0.39 is 11.8 Å². The van der Waals surface area contributed by atoms with Gasteiger partial charge in [0.25, 0.3) is 0 Å². The van der Waals surface area contributed by atoms with Crippen LogP contribution in [0.1, 0.15) is 43.9 Å². The molecular weight excluding hydrogens is 392 g/mol. The fraction of sp³-hybridized carbons (Fsp3) is 0.391. The molecule has 0 radical (unpaired) electrons. The van der Waals surface area contributed by atoms with Crippen LogP contribution in [0.4, 0.5) is 11.5 Å². The molecule has 1 aromatic carbocycles. The van der Waals surface area contributed by atoms with Gasteiger partial charge in [-0.25, -0.2) is 4.98 Å². The molecule has 3 aromatic rings. The van der Waals surface area contributed by atoms with E-state index in [9.17, 15) is 9.59 Å². The summed E-state index contributed by atoms with van der Waals surface area (Å²) in [5, 5.41) is 8.23. The van der Waals surface area contributed by atoms with E-state index in [2.05, 4.69) is 22.3 Å². The lowest BCUT2D eigenvalue weighted by molar-refractivity contribution is -0.146. The minimum atomic E-state index is -0.661. The highest BCUT2D eigenvalue weighted by Crippen LogP contribution is 2.34. The molecule has 1 unspecified atom stereocenters. The van der Waals surface area contributed by atoms with Crippen molar-refractivity contribution in [2.45, 2.75) is 39.2 Å². The second-order valence-electron chi connectivity index (χ2n) is 8.35. The van der Waals surface area contributed by atoms with E-state index >= 15 is 0 Å². The monoisotopic (exact) mass is 420 g/mol. The van der Waals surface area contributed by atoms with Crippen LogP contribution in [0, 0.1) is 5.92 Å². The number of anilines is 2. The molecule has 2 amide bonds. The van der Waals surface area contributed by atoms with Gasteiger partial charge in [0.1, 0.15) is 5.82 Å². The first-order valence-electron chi connectivity index (χ1n) is 10.6. The maximum absolute atomic E-state index is 13.2. The molecule has 8 nitrogen and oxygen atoms in total. The van der Waals surface area contributed by atoms with Gasteiger partial charge in [-0.1, -0.05) is 26.0 Å². The van der Waals surface area contributed by atoms with Crippen molar-refractivity contribution in [1.29, 1.82) is 0 Å². The van der Waals surface area contributed by atoms with Crippen molar-refractivity contribution in [1.82, 2.24) is 19.7 Å². The molecule has 1 saturated heterocycles. The average molecular weight is 421 g/mol. The van der Waals surface area contributed by atoms with E-state index in [4.69, 9.17) is 5.73 Å². The number of likely N-dealkylation sites (tertiary alicyclic amines) is 1. The average Bonchev–Trinajstić information content (AvgIpc) is 3.13. The summed E-state index contributed by atoms with van der Waals surface area (Å²) in [5.41, 5.74) is 9.03. The lowest BCUT2D eigenvalue weighted by Crippen LogP contribution is -2.46. The minimum absolute atomic E-state index is 0.156. The Bertz CT molecular complexity index is 1140. The number of nitrogens with one attached hydrogen (secondary N) is 1. The largest absolute Gasteiger partial charge is 0.383 e. The zero-order valence-corrected chi connectivity index (χ0v) is 18.1. The van der Waals surface area contributed by atoms with Crippen LogP contribution in [-0.2, 0) is 23.1 Å². The molecule has 162 valence electrons. The van der Waals surface area contributed by atoms with Crippen molar-refractivity contribution >= 4 is 34.2 Å². The van der Waals surface area contributed by atoms with Gasteiger partial charge in [-0.15, -0.1) is 0 Å². The second-order valence-corrected chi connectivity index (χ2v) is 8.35. The summed E-state index contributed by atoms with van der Waals surface area (Å²) in [4.78, 5) is 31.8. The topological polar surface area (TPSA) is 106 Å². The highest BCUT2D eigenvalue weighted by atomic mass is 16.2. The predicted molar refractivity (Wildman–Crippen MR) is 120 cm³/mol. The van der Waals surface area contributed by atoms with Crippen LogP contribution in [0.5, 0.6) is 0 Å². The summed E-state index contributed by atoms with van der Waals surface area (Å²) < 4.78 is 1.78. The van der Waals surface area contributed by atoms with Crippen LogP contribution in [-0.4, -0.2) is 38.0 Å². The number of hydrogen-bond acceptors (Lipinski definition) is 5. The lowest BCUT2D eigenvalue weighted by Gasteiger charge is -2.38. The fourth-order valence-corrected chi connectivity index (χ4v) is 4.27. The molecule has 0 saturated carbocycles. The number of carbonyl (C=O) groups is 2. The van der Waals surface area contributed by atoms with Crippen LogP contribution in [0.2, 0.25) is 0 Å². The zero-order chi connectivity index (χ0) is 22.1. The maximum Gasteiger partial charge on any atom is 0.313 e. The van der Waals surface area contributed by atoms with Crippen LogP contribution in [0.15, 0.2) is 36.7 Å². The summed E-state index contributed by atoms with van der Waals surface area (Å²) in [7, 11) is 1.89. The number of nitrogens with zero attached hydrogens (tertiary/aromatic N) is 4. The van der Waals surface area contributed by atoms with Crippen LogP contribution >= 0.6 is 0 Å². The molecule has 4 rings (SSSR count). The summed E-state index contributed by atoms with van der Waals surface area (Å²) in [6, 6.07) is 7.67. The van der Waals surface area contributed by atoms with Gasteiger partial charge in [-0.05, 0) is 48.4 Å². The van der Waals surface area contributed by atoms with Gasteiger partial charge in [0, 0.05) is 25.2 Å². The Morgan fingerprint density at radius 3 is 2.84 bits per heavy atom. The molecule has 0 spiro atoms. The summed E-state index contributed by atoms with van der Waals surface area (Å²) >= 11 is 0. The second kappa shape index (κ2) is 8.37. The van der Waals surface area contributed by atoms with Crippen molar-refractivity contribution in [3.05, 3.63) is 47.8 Å². The summed E-state index contributed by atoms with van der Waals surface area (Å²) in [6.45, 7) is 4.60. The van der Waals surface area contributed by atoms with Crippen LogP contribution < -0.4 is 11.1 Å². The third-order valence-electron chi connectivity index (χ3n) is 5.94. The zero-order valence-electron chi connectivity index (χ0n) is 18.1. The molecule has 31 heavy (non-hydrogen) atoms. The number of nitrogens with two attached hydrogens (primary N) is 1. The highest BCUT2D eigenvalue weighted by Gasteiger charge is 2.34. The number of hydrogen-bond donors (Lipinski definition) is 2. The lowest BCUT2D eigenvalue weighted by atomic mass is 9.89. The van der Waals surface area contributed by atoms with Gasteiger partial charge in [0.05, 0.1) is 23.4 Å². The SMILES string of the molecule is CCc1cc(NC(=O)C(=O)N2CC(C)CC[C@@H]2c2ccc3cn(C)nc3c2)cnc1N. The standard InChI is InChI=1S/C23H28N6O2/c1-4-15-9-18(11-25-21(15)24)26-22(30)23(31)29-12-14(2)5-8-20(29)16-6-7-17-13-28(3)27-19(17)10-16/h6-7,9-11,13-14,20H,4-5,8,12H2,1-3H3,(H2,24,25)(H,26,30)/t14?,20-/m1/s1. The van der Waals surface area contributed by atoms with Crippen molar-refractivity contribution in [3.63, 3.8) is 0 Å². The van der Waals surface area contributed by atoms with E-state index in [0.717, 1.165) is 34.9 Å². The van der Waals surface area contributed by atoms with Crippen LogP contribution in [0.3, 0.4) is 0 Å². The van der Waals surface area contributed by atoms with Crippen molar-refractivity contribution in [2.24, 2.45) is 13.0 Å². The fourth-order valence-electron chi connectivity index (χ4n) is 4.27. The van der Waals surface area contributed by atoms with E-state index in [1.807, 2.05) is 38.4 Å². The number of benzene rings is 1. The molecule has 3 N–H and O–H groups in total. The molecule has 0 aliphatic carbocycles. The molecule has 2 atom stereocenters. The third-order valence-corrected chi connectivity index (χ3v) is 5.94. The smallest absolute Gasteiger partial charge is 0.313 e. The summed E-state index contributed by atoms with van der Waals surface area (Å²) in [5.74, 6) is -0.433. The predicted octanol–water partition coefficient (Wildman–Crippen LogP) is 3.05. The number of nitrogen functional groups attached to an aromatic ring is 1. The first kappa shape index (κ1) is 20.8. The van der Waals surface area contributed by atoms with Gasteiger partial charge in [0.2, 0.25) is 0 Å². The summed E-state index contributed by atoms with van der Waals surface area (Å²) in [6.07, 6.45) is 5.94. The molecule has 2 aromatic heterocycles. The number of aryl methyl sites for hydroxylation is 2. The molecule has 1 fully saturated rings. The van der Waals surface area contributed by atoms with Crippen molar-refractivity contribution in [2.75, 3.05) is 17.6 Å². The number of carbonyl (C=O) groups excluding carboxylic acids is 2.